The first-order valence-electron chi connectivity index (χ1n) is 9.16. The van der Waals surface area contributed by atoms with Crippen molar-refractivity contribution >= 4 is 29.2 Å². The van der Waals surface area contributed by atoms with Crippen LogP contribution in [0.2, 0.25) is 5.28 Å². The van der Waals surface area contributed by atoms with Crippen LogP contribution in [0.1, 0.15) is 28.9 Å². The van der Waals surface area contributed by atoms with E-state index in [0.717, 1.165) is 6.54 Å². The number of hydrogen-bond donors (Lipinski definition) is 0. The number of nitriles is 1. The number of Topliss-reactive ketones (excluding diaryl/α,β-unsaturated/α-hetero) is 1. The van der Waals surface area contributed by atoms with Gasteiger partial charge in [-0.3, -0.25) is 14.5 Å². The standard InChI is InChI=1S/C19H22ClN5O3/c1-3-10-28-18(27)14-5-4-13-15(16(14)26)22-19(20)23-17(13)25-9-8-24(2)12(11-25)6-7-21/h3,12,14H,1,4-6,8-11H2,2H3/t12-,14?/m0/s1. The van der Waals surface area contributed by atoms with E-state index in [2.05, 4.69) is 32.4 Å². The Hall–Kier alpha value is -2.50. The van der Waals surface area contributed by atoms with Crippen molar-refractivity contribution in [3.05, 3.63) is 29.2 Å². The summed E-state index contributed by atoms with van der Waals surface area (Å²) < 4.78 is 5.04. The third kappa shape index (κ3) is 4.01. The molecule has 0 N–H and O–H groups in total. The zero-order valence-corrected chi connectivity index (χ0v) is 16.5. The van der Waals surface area contributed by atoms with E-state index in [1.807, 2.05) is 7.05 Å². The van der Waals surface area contributed by atoms with E-state index >= 15 is 0 Å². The Morgan fingerprint density at radius 1 is 1.46 bits per heavy atom. The Morgan fingerprint density at radius 2 is 2.25 bits per heavy atom. The van der Waals surface area contributed by atoms with Crippen LogP contribution in [-0.4, -0.2) is 66.0 Å². The Kier molecular flexibility index (Phi) is 6.27. The van der Waals surface area contributed by atoms with Crippen LogP contribution in [0.4, 0.5) is 5.82 Å². The molecule has 2 atom stereocenters. The highest BCUT2D eigenvalue weighted by molar-refractivity contribution is 6.28. The number of likely N-dealkylation sites (N-methyl/N-ethyl adjacent to an activating group) is 1. The highest BCUT2D eigenvalue weighted by Crippen LogP contribution is 2.33. The van der Waals surface area contributed by atoms with Crippen LogP contribution in [-0.2, 0) is 16.0 Å². The second-order valence-electron chi connectivity index (χ2n) is 6.96. The largest absolute Gasteiger partial charge is 0.461 e. The maximum absolute atomic E-state index is 12.9. The zero-order chi connectivity index (χ0) is 20.3. The lowest BCUT2D eigenvalue weighted by Crippen LogP contribution is -2.52. The summed E-state index contributed by atoms with van der Waals surface area (Å²) in [6.07, 6.45) is 2.69. The van der Waals surface area contributed by atoms with Gasteiger partial charge in [0.25, 0.3) is 0 Å². The van der Waals surface area contributed by atoms with Gasteiger partial charge in [-0.1, -0.05) is 12.7 Å². The lowest BCUT2D eigenvalue weighted by Gasteiger charge is -2.40. The summed E-state index contributed by atoms with van der Waals surface area (Å²) in [5.41, 5.74) is 0.903. The van der Waals surface area contributed by atoms with Gasteiger partial charge in [-0.05, 0) is 31.5 Å². The Morgan fingerprint density at radius 3 is 2.96 bits per heavy atom. The third-order valence-electron chi connectivity index (χ3n) is 5.22. The number of esters is 1. The predicted octanol–water partition coefficient (Wildman–Crippen LogP) is 1.64. The molecule has 1 aromatic heterocycles. The minimum atomic E-state index is -0.884. The summed E-state index contributed by atoms with van der Waals surface area (Å²) >= 11 is 6.11. The molecule has 1 aliphatic heterocycles. The molecule has 28 heavy (non-hydrogen) atoms. The van der Waals surface area contributed by atoms with Gasteiger partial charge in [-0.15, -0.1) is 0 Å². The molecule has 148 valence electrons. The number of rotatable bonds is 5. The summed E-state index contributed by atoms with van der Waals surface area (Å²) in [7, 11) is 1.99. The SMILES string of the molecule is C=CCOC(=O)C1CCc2c(nc(Cl)nc2N2CCN(C)[C@@H](CC#N)C2)C1=O. The lowest BCUT2D eigenvalue weighted by molar-refractivity contribution is -0.145. The second-order valence-corrected chi connectivity index (χ2v) is 7.30. The highest BCUT2D eigenvalue weighted by Gasteiger charge is 2.38. The van der Waals surface area contributed by atoms with Crippen molar-refractivity contribution in [1.82, 2.24) is 14.9 Å². The maximum Gasteiger partial charge on any atom is 0.317 e. The van der Waals surface area contributed by atoms with Crippen molar-refractivity contribution in [1.29, 1.82) is 5.26 Å². The fourth-order valence-corrected chi connectivity index (χ4v) is 3.82. The number of ether oxygens (including phenoxy) is 1. The topological polar surface area (TPSA) is 99.4 Å². The van der Waals surface area contributed by atoms with E-state index in [1.54, 1.807) is 0 Å². The molecule has 0 bridgehead atoms. The molecule has 0 spiro atoms. The zero-order valence-electron chi connectivity index (χ0n) is 15.7. The van der Waals surface area contributed by atoms with Gasteiger partial charge in [0, 0.05) is 31.2 Å². The van der Waals surface area contributed by atoms with E-state index in [9.17, 15) is 9.59 Å². The first kappa shape index (κ1) is 20.2. The monoisotopic (exact) mass is 403 g/mol. The highest BCUT2D eigenvalue weighted by atomic mass is 35.5. The molecule has 2 heterocycles. The van der Waals surface area contributed by atoms with Gasteiger partial charge >= 0.3 is 5.97 Å². The molecule has 0 amide bonds. The quantitative estimate of drug-likeness (QED) is 0.316. The molecule has 1 fully saturated rings. The first-order valence-corrected chi connectivity index (χ1v) is 9.54. The first-order chi connectivity index (χ1) is 13.5. The summed E-state index contributed by atoms with van der Waals surface area (Å²) in [6.45, 7) is 5.66. The van der Waals surface area contributed by atoms with Gasteiger partial charge in [-0.2, -0.15) is 5.26 Å². The van der Waals surface area contributed by atoms with Gasteiger partial charge in [0.2, 0.25) is 5.28 Å². The van der Waals surface area contributed by atoms with Crippen LogP contribution in [0, 0.1) is 17.2 Å². The number of fused-ring (bicyclic) bond motifs is 1. The molecule has 0 aromatic carbocycles. The Bertz CT molecular complexity index is 838. The summed E-state index contributed by atoms with van der Waals surface area (Å²) in [6, 6.07) is 2.29. The molecule has 1 aromatic rings. The van der Waals surface area contributed by atoms with Gasteiger partial charge < -0.3 is 9.64 Å². The van der Waals surface area contributed by atoms with Crippen molar-refractivity contribution in [2.24, 2.45) is 5.92 Å². The molecule has 9 heteroatoms. The average molecular weight is 404 g/mol. The van der Waals surface area contributed by atoms with Gasteiger partial charge in [0.05, 0.1) is 12.5 Å². The summed E-state index contributed by atoms with van der Waals surface area (Å²) in [5.74, 6) is -1.22. The molecule has 2 aliphatic rings. The molecule has 8 nitrogen and oxygen atoms in total. The van der Waals surface area contributed by atoms with Crippen molar-refractivity contribution in [2.45, 2.75) is 25.3 Å². The fraction of sp³-hybridized carbons (Fsp3) is 0.526. The Labute approximate surface area is 168 Å². The lowest BCUT2D eigenvalue weighted by atomic mass is 9.85. The number of ketones is 1. The summed E-state index contributed by atoms with van der Waals surface area (Å²) in [5, 5.41) is 9.04. The third-order valence-corrected chi connectivity index (χ3v) is 5.39. The summed E-state index contributed by atoms with van der Waals surface area (Å²) in [4.78, 5) is 37.8. The van der Waals surface area contributed by atoms with Crippen molar-refractivity contribution < 1.29 is 14.3 Å². The number of carbonyl (C=O) groups excluding carboxylic acids is 2. The predicted molar refractivity (Wildman–Crippen MR) is 103 cm³/mol. The van der Waals surface area contributed by atoms with Crippen molar-refractivity contribution in [3.8, 4) is 6.07 Å². The number of halogens is 1. The van der Waals surface area contributed by atoms with Crippen LogP contribution in [0.5, 0.6) is 0 Å². The minimum absolute atomic E-state index is 0.0297. The molecule has 0 radical (unpaired) electrons. The minimum Gasteiger partial charge on any atom is -0.461 e. The van der Waals surface area contributed by atoms with Crippen LogP contribution in [0.15, 0.2) is 12.7 Å². The van der Waals surface area contributed by atoms with Crippen LogP contribution in [0.3, 0.4) is 0 Å². The average Bonchev–Trinajstić information content (AvgIpc) is 2.68. The number of piperazine rings is 1. The number of nitrogens with zero attached hydrogens (tertiary/aromatic N) is 5. The number of aromatic nitrogens is 2. The maximum atomic E-state index is 12.9. The van der Waals surface area contributed by atoms with E-state index in [1.165, 1.54) is 6.08 Å². The number of hydrogen-bond acceptors (Lipinski definition) is 8. The second kappa shape index (κ2) is 8.67. The molecule has 0 saturated carbocycles. The smallest absolute Gasteiger partial charge is 0.317 e. The van der Waals surface area contributed by atoms with Crippen LogP contribution in [0.25, 0.3) is 0 Å². The molecule has 1 unspecified atom stereocenters. The fourth-order valence-electron chi connectivity index (χ4n) is 3.66. The Balaban J connectivity index is 1.89. The number of anilines is 1. The van der Waals surface area contributed by atoms with Crippen LogP contribution >= 0.6 is 11.6 Å². The van der Waals surface area contributed by atoms with Crippen LogP contribution < -0.4 is 4.90 Å². The van der Waals surface area contributed by atoms with E-state index in [0.29, 0.717) is 43.7 Å². The van der Waals surface area contributed by atoms with Crippen molar-refractivity contribution in [2.75, 3.05) is 38.2 Å². The van der Waals surface area contributed by atoms with Gasteiger partial charge in [-0.25, -0.2) is 9.97 Å². The number of carbonyl (C=O) groups is 2. The normalized spacial score (nSPS) is 22.3. The van der Waals surface area contributed by atoms with Crippen molar-refractivity contribution in [3.63, 3.8) is 0 Å². The van der Waals surface area contributed by atoms with Gasteiger partial charge in [0.15, 0.2) is 5.78 Å². The molecule has 1 aliphatic carbocycles. The van der Waals surface area contributed by atoms with E-state index in [-0.39, 0.29) is 29.4 Å². The molecular weight excluding hydrogens is 382 g/mol. The van der Waals surface area contributed by atoms with E-state index in [4.69, 9.17) is 21.6 Å². The van der Waals surface area contributed by atoms with Gasteiger partial charge in [0.1, 0.15) is 24.0 Å². The molecule has 1 saturated heterocycles. The van der Waals surface area contributed by atoms with E-state index < -0.39 is 11.9 Å². The molecular formula is C19H22ClN5O3. The molecule has 3 rings (SSSR count).